The Morgan fingerprint density at radius 1 is 1.29 bits per heavy atom. The van der Waals surface area contributed by atoms with Gasteiger partial charge in [0, 0.05) is 5.92 Å². The van der Waals surface area contributed by atoms with E-state index < -0.39 is 0 Å². The molecular weight excluding hydrogens is 228 g/mol. The van der Waals surface area contributed by atoms with Crippen LogP contribution in [0.25, 0.3) is 0 Å². The second-order valence-electron chi connectivity index (χ2n) is 4.59. The predicted octanol–water partition coefficient (Wildman–Crippen LogP) is 3.97. The highest BCUT2D eigenvalue weighted by molar-refractivity contribution is 7.12. The molecule has 0 saturated carbocycles. The predicted molar refractivity (Wildman–Crippen MR) is 70.9 cm³/mol. The summed E-state index contributed by atoms with van der Waals surface area (Å²) in [5.74, 6) is 0.394. The van der Waals surface area contributed by atoms with Crippen LogP contribution in [0.3, 0.4) is 0 Å². The standard InChI is InChI=1S/C15H14OS/c1-10-8-9-17-15(10)14(16)13-7-6-11-4-2-3-5-12(11)13/h2-5,8-9,13H,6-7H2,1H3. The second kappa shape index (κ2) is 4.11. The molecule has 0 N–H and O–H groups in total. The zero-order chi connectivity index (χ0) is 11.8. The molecule has 1 heterocycles. The summed E-state index contributed by atoms with van der Waals surface area (Å²) in [6, 6.07) is 10.4. The Balaban J connectivity index is 1.98. The fourth-order valence-corrected chi connectivity index (χ4v) is 3.53. The topological polar surface area (TPSA) is 17.1 Å². The lowest BCUT2D eigenvalue weighted by Gasteiger charge is -2.09. The monoisotopic (exact) mass is 242 g/mol. The number of hydrogen-bond acceptors (Lipinski definition) is 2. The van der Waals surface area contributed by atoms with Crippen LogP contribution >= 0.6 is 11.3 Å². The van der Waals surface area contributed by atoms with Crippen molar-refractivity contribution in [2.75, 3.05) is 0 Å². The maximum atomic E-state index is 12.5. The van der Waals surface area contributed by atoms with Crippen LogP contribution in [-0.2, 0) is 6.42 Å². The number of ketones is 1. The number of carbonyl (C=O) groups is 1. The third kappa shape index (κ3) is 1.73. The molecule has 0 aliphatic heterocycles. The Kier molecular flexibility index (Phi) is 2.60. The van der Waals surface area contributed by atoms with Crippen molar-refractivity contribution < 1.29 is 4.79 Å². The molecule has 17 heavy (non-hydrogen) atoms. The van der Waals surface area contributed by atoms with Crippen molar-refractivity contribution in [3.05, 3.63) is 57.3 Å². The van der Waals surface area contributed by atoms with E-state index >= 15 is 0 Å². The van der Waals surface area contributed by atoms with Gasteiger partial charge in [0.15, 0.2) is 5.78 Å². The number of carbonyl (C=O) groups excluding carboxylic acids is 1. The molecule has 0 amide bonds. The smallest absolute Gasteiger partial charge is 0.180 e. The van der Waals surface area contributed by atoms with Crippen LogP contribution in [0.1, 0.15) is 38.7 Å². The molecule has 86 valence electrons. The van der Waals surface area contributed by atoms with Gasteiger partial charge in [-0.15, -0.1) is 11.3 Å². The Hall–Kier alpha value is -1.41. The van der Waals surface area contributed by atoms with E-state index in [4.69, 9.17) is 0 Å². The third-order valence-electron chi connectivity index (χ3n) is 3.54. The van der Waals surface area contributed by atoms with Crippen LogP contribution in [0, 0.1) is 6.92 Å². The highest BCUT2D eigenvalue weighted by Crippen LogP contribution is 2.36. The van der Waals surface area contributed by atoms with E-state index in [9.17, 15) is 4.79 Å². The van der Waals surface area contributed by atoms with E-state index in [1.165, 1.54) is 11.1 Å². The van der Waals surface area contributed by atoms with Crippen LogP contribution in [0.5, 0.6) is 0 Å². The molecule has 1 aliphatic rings. The minimum absolute atomic E-state index is 0.0866. The first kappa shape index (κ1) is 10.7. The number of rotatable bonds is 2. The van der Waals surface area contributed by atoms with E-state index in [1.54, 1.807) is 11.3 Å². The van der Waals surface area contributed by atoms with E-state index in [2.05, 4.69) is 18.2 Å². The van der Waals surface area contributed by atoms with Crippen molar-refractivity contribution >= 4 is 17.1 Å². The minimum Gasteiger partial charge on any atom is -0.293 e. The van der Waals surface area contributed by atoms with Crippen molar-refractivity contribution in [3.63, 3.8) is 0 Å². The maximum Gasteiger partial charge on any atom is 0.180 e. The van der Waals surface area contributed by atoms with Crippen LogP contribution in [0.4, 0.5) is 0 Å². The highest BCUT2D eigenvalue weighted by Gasteiger charge is 2.29. The van der Waals surface area contributed by atoms with Gasteiger partial charge in [-0.05, 0) is 47.9 Å². The third-order valence-corrected chi connectivity index (χ3v) is 4.57. The number of thiophene rings is 1. The van der Waals surface area contributed by atoms with Gasteiger partial charge in [0.2, 0.25) is 0 Å². The number of aryl methyl sites for hydroxylation is 2. The summed E-state index contributed by atoms with van der Waals surface area (Å²) in [5, 5.41) is 2.00. The molecule has 0 fully saturated rings. The Morgan fingerprint density at radius 3 is 2.88 bits per heavy atom. The normalized spacial score (nSPS) is 18.1. The summed E-state index contributed by atoms with van der Waals surface area (Å²) >= 11 is 1.57. The molecule has 0 saturated heterocycles. The number of hydrogen-bond donors (Lipinski definition) is 0. The van der Waals surface area contributed by atoms with Crippen molar-refractivity contribution in [2.45, 2.75) is 25.7 Å². The Morgan fingerprint density at radius 2 is 2.12 bits per heavy atom. The Bertz CT molecular complexity index is 568. The fraction of sp³-hybridized carbons (Fsp3) is 0.267. The van der Waals surface area contributed by atoms with Gasteiger partial charge >= 0.3 is 0 Å². The SMILES string of the molecule is Cc1ccsc1C(=O)C1CCc2ccccc21. The summed E-state index contributed by atoms with van der Waals surface area (Å²) in [7, 11) is 0. The first-order valence-corrected chi connectivity index (χ1v) is 6.81. The van der Waals surface area contributed by atoms with E-state index in [1.807, 2.05) is 24.4 Å². The van der Waals surface area contributed by atoms with Gasteiger partial charge in [-0.2, -0.15) is 0 Å². The van der Waals surface area contributed by atoms with Gasteiger partial charge in [-0.1, -0.05) is 24.3 Å². The maximum absolute atomic E-state index is 12.5. The number of fused-ring (bicyclic) bond motifs is 1. The van der Waals surface area contributed by atoms with E-state index in [0.29, 0.717) is 5.78 Å². The molecule has 2 heteroatoms. The van der Waals surface area contributed by atoms with Crippen LogP contribution in [0.15, 0.2) is 35.7 Å². The molecule has 0 radical (unpaired) electrons. The molecule has 1 nitrogen and oxygen atoms in total. The summed E-state index contributed by atoms with van der Waals surface area (Å²) in [6.45, 7) is 2.02. The largest absolute Gasteiger partial charge is 0.293 e. The molecule has 1 aliphatic carbocycles. The van der Waals surface area contributed by atoms with Gasteiger partial charge in [-0.3, -0.25) is 4.79 Å². The molecule has 1 unspecified atom stereocenters. The average molecular weight is 242 g/mol. The Labute approximate surface area is 105 Å². The van der Waals surface area contributed by atoms with Gasteiger partial charge in [0.05, 0.1) is 4.88 Å². The zero-order valence-electron chi connectivity index (χ0n) is 9.77. The van der Waals surface area contributed by atoms with Gasteiger partial charge in [0.1, 0.15) is 0 Å². The quantitative estimate of drug-likeness (QED) is 0.728. The van der Waals surface area contributed by atoms with Crippen molar-refractivity contribution in [3.8, 4) is 0 Å². The molecule has 3 rings (SSSR count). The van der Waals surface area contributed by atoms with E-state index in [-0.39, 0.29) is 5.92 Å². The van der Waals surface area contributed by atoms with E-state index in [0.717, 1.165) is 23.3 Å². The molecule has 2 aromatic rings. The second-order valence-corrected chi connectivity index (χ2v) is 5.50. The number of benzene rings is 1. The molecule has 1 aromatic carbocycles. The van der Waals surface area contributed by atoms with Crippen molar-refractivity contribution in [1.29, 1.82) is 0 Å². The van der Waals surface area contributed by atoms with Crippen LogP contribution < -0.4 is 0 Å². The van der Waals surface area contributed by atoms with Crippen LogP contribution in [0.2, 0.25) is 0 Å². The number of Topliss-reactive ketones (excluding diaryl/α,β-unsaturated/α-hetero) is 1. The molecule has 1 aromatic heterocycles. The molecule has 1 atom stereocenters. The average Bonchev–Trinajstić information content (AvgIpc) is 2.94. The van der Waals surface area contributed by atoms with Gasteiger partial charge in [-0.25, -0.2) is 0 Å². The summed E-state index contributed by atoms with van der Waals surface area (Å²) < 4.78 is 0. The fourth-order valence-electron chi connectivity index (χ4n) is 2.61. The zero-order valence-corrected chi connectivity index (χ0v) is 10.6. The summed E-state index contributed by atoms with van der Waals surface area (Å²) in [4.78, 5) is 13.4. The van der Waals surface area contributed by atoms with Crippen molar-refractivity contribution in [2.24, 2.45) is 0 Å². The van der Waals surface area contributed by atoms with Gasteiger partial charge in [0.25, 0.3) is 0 Å². The lowest BCUT2D eigenvalue weighted by molar-refractivity contribution is 0.0963. The lowest BCUT2D eigenvalue weighted by atomic mass is 9.95. The first-order valence-electron chi connectivity index (χ1n) is 5.93. The van der Waals surface area contributed by atoms with Gasteiger partial charge < -0.3 is 0 Å². The van der Waals surface area contributed by atoms with Crippen LogP contribution in [-0.4, -0.2) is 5.78 Å². The summed E-state index contributed by atoms with van der Waals surface area (Å²) in [6.07, 6.45) is 2.01. The first-order chi connectivity index (χ1) is 8.27. The summed E-state index contributed by atoms with van der Waals surface area (Å²) in [5.41, 5.74) is 3.70. The molecule has 0 spiro atoms. The minimum atomic E-state index is 0.0866. The molecule has 0 bridgehead atoms. The van der Waals surface area contributed by atoms with Crippen molar-refractivity contribution in [1.82, 2.24) is 0 Å². The highest BCUT2D eigenvalue weighted by atomic mass is 32.1. The lowest BCUT2D eigenvalue weighted by Crippen LogP contribution is -2.09. The molecular formula is C15H14OS.